The normalized spacial score (nSPS) is 13.7. The van der Waals surface area contributed by atoms with Gasteiger partial charge in [-0.05, 0) is 18.2 Å². The van der Waals surface area contributed by atoms with Gasteiger partial charge in [-0.1, -0.05) is 29.8 Å². The topological polar surface area (TPSA) is 66.4 Å². The van der Waals surface area contributed by atoms with Gasteiger partial charge in [0.05, 0.1) is 5.92 Å². The van der Waals surface area contributed by atoms with Crippen molar-refractivity contribution < 1.29 is 19.1 Å². The van der Waals surface area contributed by atoms with Gasteiger partial charge in [0.2, 0.25) is 5.91 Å². The van der Waals surface area contributed by atoms with E-state index < -0.39 is 29.5 Å². The largest absolute Gasteiger partial charge is 0.481 e. The quantitative estimate of drug-likeness (QED) is 0.871. The van der Waals surface area contributed by atoms with Crippen LogP contribution >= 0.6 is 15.9 Å². The van der Waals surface area contributed by atoms with Crippen molar-refractivity contribution in [2.24, 2.45) is 11.8 Å². The SMILES string of the molecule is CC(C(=O)O)C(C)C(=O)NCc1cc(Br)ccc1F. The molecular weight excluding hydrogens is 317 g/mol. The maximum atomic E-state index is 13.4. The average molecular weight is 332 g/mol. The van der Waals surface area contributed by atoms with Gasteiger partial charge >= 0.3 is 5.97 Å². The Morgan fingerprint density at radius 3 is 2.58 bits per heavy atom. The van der Waals surface area contributed by atoms with Gasteiger partial charge in [-0.2, -0.15) is 0 Å². The van der Waals surface area contributed by atoms with Crippen LogP contribution in [-0.4, -0.2) is 17.0 Å². The molecule has 6 heteroatoms. The number of carboxylic acids is 1. The molecule has 4 nitrogen and oxygen atoms in total. The van der Waals surface area contributed by atoms with E-state index in [0.29, 0.717) is 10.0 Å². The van der Waals surface area contributed by atoms with Crippen LogP contribution < -0.4 is 5.32 Å². The average Bonchev–Trinajstić information content (AvgIpc) is 2.37. The predicted octanol–water partition coefficient (Wildman–Crippen LogP) is 2.56. The van der Waals surface area contributed by atoms with Gasteiger partial charge in [0, 0.05) is 22.5 Å². The molecule has 19 heavy (non-hydrogen) atoms. The summed E-state index contributed by atoms with van der Waals surface area (Å²) in [7, 11) is 0. The molecule has 1 amide bonds. The Morgan fingerprint density at radius 1 is 1.37 bits per heavy atom. The highest BCUT2D eigenvalue weighted by Crippen LogP contribution is 2.16. The second-order valence-corrected chi connectivity index (χ2v) is 5.28. The third kappa shape index (κ3) is 4.31. The van der Waals surface area contributed by atoms with Gasteiger partial charge < -0.3 is 10.4 Å². The van der Waals surface area contributed by atoms with Crippen LogP contribution in [-0.2, 0) is 16.1 Å². The maximum Gasteiger partial charge on any atom is 0.307 e. The minimum Gasteiger partial charge on any atom is -0.481 e. The molecule has 0 saturated carbocycles. The number of amides is 1. The summed E-state index contributed by atoms with van der Waals surface area (Å²) in [6, 6.07) is 4.44. The molecule has 1 aromatic carbocycles. The molecular formula is C13H15BrFNO3. The number of hydrogen-bond acceptors (Lipinski definition) is 2. The lowest BCUT2D eigenvalue weighted by Gasteiger charge is -2.16. The fourth-order valence-electron chi connectivity index (χ4n) is 1.46. The number of nitrogens with one attached hydrogen (secondary N) is 1. The highest BCUT2D eigenvalue weighted by molar-refractivity contribution is 9.10. The van der Waals surface area contributed by atoms with Crippen molar-refractivity contribution in [1.29, 1.82) is 0 Å². The van der Waals surface area contributed by atoms with Crippen molar-refractivity contribution in [3.63, 3.8) is 0 Å². The van der Waals surface area contributed by atoms with Gasteiger partial charge in [-0.3, -0.25) is 9.59 Å². The minimum absolute atomic E-state index is 0.0286. The Bertz CT molecular complexity index is 493. The third-order valence-corrected chi connectivity index (χ3v) is 3.51. The number of benzene rings is 1. The van der Waals surface area contributed by atoms with Gasteiger partial charge in [0.1, 0.15) is 5.82 Å². The highest BCUT2D eigenvalue weighted by Gasteiger charge is 2.25. The van der Waals surface area contributed by atoms with Crippen molar-refractivity contribution in [3.05, 3.63) is 34.1 Å². The number of carbonyl (C=O) groups excluding carboxylic acids is 1. The Morgan fingerprint density at radius 2 is 2.00 bits per heavy atom. The van der Waals surface area contributed by atoms with Gasteiger partial charge in [-0.15, -0.1) is 0 Å². The van der Waals surface area contributed by atoms with Crippen LogP contribution in [0.15, 0.2) is 22.7 Å². The van der Waals surface area contributed by atoms with Gasteiger partial charge in [0.25, 0.3) is 0 Å². The first kappa shape index (κ1) is 15.6. The Balaban J connectivity index is 2.64. The maximum absolute atomic E-state index is 13.4. The first-order valence-electron chi connectivity index (χ1n) is 5.77. The molecule has 2 unspecified atom stereocenters. The molecule has 0 aliphatic heterocycles. The first-order chi connectivity index (χ1) is 8.82. The lowest BCUT2D eigenvalue weighted by Crippen LogP contribution is -2.35. The molecule has 0 aromatic heterocycles. The molecule has 2 atom stereocenters. The monoisotopic (exact) mass is 331 g/mol. The first-order valence-corrected chi connectivity index (χ1v) is 6.56. The number of halogens is 2. The fourth-order valence-corrected chi connectivity index (χ4v) is 1.87. The zero-order chi connectivity index (χ0) is 14.6. The molecule has 0 aliphatic rings. The molecule has 0 saturated heterocycles. The molecule has 1 rings (SSSR count). The summed E-state index contributed by atoms with van der Waals surface area (Å²) in [6.45, 7) is 3.03. The van der Waals surface area contributed by atoms with E-state index in [1.807, 2.05) is 0 Å². The molecule has 0 fully saturated rings. The number of rotatable bonds is 5. The van der Waals surface area contributed by atoms with E-state index in [2.05, 4.69) is 21.2 Å². The van der Waals surface area contributed by atoms with Crippen LogP contribution in [0.1, 0.15) is 19.4 Å². The van der Waals surface area contributed by atoms with Crippen LogP contribution in [0, 0.1) is 17.7 Å². The fraction of sp³-hybridized carbons (Fsp3) is 0.385. The van der Waals surface area contributed by atoms with E-state index >= 15 is 0 Å². The van der Waals surface area contributed by atoms with Crippen molar-refractivity contribution in [3.8, 4) is 0 Å². The van der Waals surface area contributed by atoms with Crippen LogP contribution in [0.3, 0.4) is 0 Å². The van der Waals surface area contributed by atoms with E-state index in [9.17, 15) is 14.0 Å². The number of carboxylic acid groups (broad SMARTS) is 1. The zero-order valence-corrected chi connectivity index (χ0v) is 12.2. The second kappa shape index (κ2) is 6.65. The van der Waals surface area contributed by atoms with Crippen molar-refractivity contribution in [1.82, 2.24) is 5.32 Å². The minimum atomic E-state index is -1.03. The summed E-state index contributed by atoms with van der Waals surface area (Å²) in [4.78, 5) is 22.5. The summed E-state index contributed by atoms with van der Waals surface area (Å²) >= 11 is 3.22. The Hall–Kier alpha value is -1.43. The summed E-state index contributed by atoms with van der Waals surface area (Å²) in [5.41, 5.74) is 0.345. The summed E-state index contributed by atoms with van der Waals surface area (Å²) in [5, 5.41) is 11.4. The van der Waals surface area contributed by atoms with Crippen LogP contribution in [0.25, 0.3) is 0 Å². The summed E-state index contributed by atoms with van der Waals surface area (Å²) in [6.07, 6.45) is 0. The number of carbonyl (C=O) groups is 2. The molecule has 2 N–H and O–H groups in total. The standard InChI is InChI=1S/C13H15BrFNO3/c1-7(8(2)13(18)19)12(17)16-6-9-5-10(14)3-4-11(9)15/h3-5,7-8H,6H2,1-2H3,(H,16,17)(H,18,19). The summed E-state index contributed by atoms with van der Waals surface area (Å²) in [5.74, 6) is -3.31. The lowest BCUT2D eigenvalue weighted by molar-refractivity contribution is -0.146. The predicted molar refractivity (Wildman–Crippen MR) is 71.9 cm³/mol. The molecule has 0 aliphatic carbocycles. The molecule has 104 valence electrons. The number of hydrogen-bond donors (Lipinski definition) is 2. The molecule has 0 heterocycles. The van der Waals surface area contributed by atoms with Crippen molar-refractivity contribution >= 4 is 27.8 Å². The zero-order valence-electron chi connectivity index (χ0n) is 10.6. The smallest absolute Gasteiger partial charge is 0.307 e. The third-order valence-electron chi connectivity index (χ3n) is 3.01. The highest BCUT2D eigenvalue weighted by atomic mass is 79.9. The van der Waals surface area contributed by atoms with Gasteiger partial charge in [0.15, 0.2) is 0 Å². The van der Waals surface area contributed by atoms with E-state index in [0.717, 1.165) is 0 Å². The van der Waals surface area contributed by atoms with E-state index in [1.54, 1.807) is 12.1 Å². The second-order valence-electron chi connectivity index (χ2n) is 4.37. The van der Waals surface area contributed by atoms with E-state index in [4.69, 9.17) is 5.11 Å². The molecule has 0 spiro atoms. The summed E-state index contributed by atoms with van der Waals surface area (Å²) < 4.78 is 14.2. The van der Waals surface area contributed by atoms with E-state index in [1.165, 1.54) is 19.9 Å². The Labute approximate surface area is 119 Å². The van der Waals surface area contributed by atoms with Crippen molar-refractivity contribution in [2.75, 3.05) is 0 Å². The Kier molecular flexibility index (Phi) is 5.47. The lowest BCUT2D eigenvalue weighted by atomic mass is 9.95. The van der Waals surface area contributed by atoms with Crippen LogP contribution in [0.4, 0.5) is 4.39 Å². The van der Waals surface area contributed by atoms with Gasteiger partial charge in [-0.25, -0.2) is 4.39 Å². The number of aliphatic carboxylic acids is 1. The van der Waals surface area contributed by atoms with E-state index in [-0.39, 0.29) is 6.54 Å². The molecule has 1 aromatic rings. The van der Waals surface area contributed by atoms with Crippen LogP contribution in [0.2, 0.25) is 0 Å². The van der Waals surface area contributed by atoms with Crippen molar-refractivity contribution in [2.45, 2.75) is 20.4 Å². The molecule has 0 bridgehead atoms. The molecule has 0 radical (unpaired) electrons. The van der Waals surface area contributed by atoms with Crippen LogP contribution in [0.5, 0.6) is 0 Å².